The molecule has 7 nitrogen and oxygen atoms in total. The van der Waals surface area contributed by atoms with Crippen molar-refractivity contribution in [3.63, 3.8) is 0 Å². The van der Waals surface area contributed by atoms with Crippen LogP contribution in [0.2, 0.25) is 0 Å². The van der Waals surface area contributed by atoms with Gasteiger partial charge in [-0.1, -0.05) is 0 Å². The van der Waals surface area contributed by atoms with Gasteiger partial charge in [0.1, 0.15) is 24.9 Å². The molecule has 7 heteroatoms. The number of hydrogen-bond donors (Lipinski definition) is 4. The average Bonchev–Trinajstić information content (AvgIpc) is 2.24. The van der Waals surface area contributed by atoms with Crippen molar-refractivity contribution in [2.45, 2.75) is 44.3 Å². The normalized spacial score (nSPS) is 33.5. The zero-order valence-electron chi connectivity index (χ0n) is 9.74. The molecule has 0 spiro atoms. The van der Waals surface area contributed by atoms with Crippen LogP contribution in [0.25, 0.3) is 0 Å². The van der Waals surface area contributed by atoms with Crippen LogP contribution in [0, 0.1) is 6.61 Å². The molecule has 0 aromatic carbocycles. The van der Waals surface area contributed by atoms with E-state index in [0.717, 1.165) is 0 Å². The number of amides is 1. The van der Waals surface area contributed by atoms with E-state index in [1.165, 1.54) is 6.61 Å². The number of carbonyl (C=O) groups excluding carboxylic acids is 1. The minimum absolute atomic E-state index is 0.285. The Morgan fingerprint density at radius 2 is 2.12 bits per heavy atom. The van der Waals surface area contributed by atoms with E-state index in [1.54, 1.807) is 13.8 Å². The lowest BCUT2D eigenvalue weighted by Crippen LogP contribution is -2.58. The molecule has 1 aliphatic heterocycles. The molecule has 17 heavy (non-hydrogen) atoms. The SMILES string of the molecule is CC(C)OC(=O)N[C@H]1[CH]O[C@H](CO)[C@@H](O)[C@@H]1O. The molecule has 1 aliphatic rings. The summed E-state index contributed by atoms with van der Waals surface area (Å²) in [5, 5.41) is 30.4. The number of nitrogens with one attached hydrogen (secondary N) is 1. The second-order valence-corrected chi connectivity index (χ2v) is 4.10. The lowest BCUT2D eigenvalue weighted by molar-refractivity contribution is -0.137. The minimum Gasteiger partial charge on any atom is -0.447 e. The molecule has 4 N–H and O–H groups in total. The van der Waals surface area contributed by atoms with Crippen molar-refractivity contribution in [3.05, 3.63) is 6.61 Å². The molecule has 1 radical (unpaired) electrons. The van der Waals surface area contributed by atoms with Crippen LogP contribution in [-0.4, -0.2) is 58.5 Å². The van der Waals surface area contributed by atoms with Crippen molar-refractivity contribution in [2.24, 2.45) is 0 Å². The Hall–Kier alpha value is -0.890. The van der Waals surface area contributed by atoms with Crippen LogP contribution >= 0.6 is 0 Å². The van der Waals surface area contributed by atoms with Gasteiger partial charge in [-0.25, -0.2) is 4.79 Å². The lowest BCUT2D eigenvalue weighted by Gasteiger charge is -2.36. The third kappa shape index (κ3) is 3.81. The number of aliphatic hydroxyl groups is 3. The molecule has 0 aromatic heterocycles. The summed E-state index contributed by atoms with van der Waals surface area (Å²) in [6.07, 6.45) is -4.40. The number of alkyl carbamates (subject to hydrolysis) is 1. The molecule has 0 aromatic rings. The average molecular weight is 248 g/mol. The lowest BCUT2D eigenvalue weighted by atomic mass is 9.99. The zero-order chi connectivity index (χ0) is 13.0. The first-order valence-corrected chi connectivity index (χ1v) is 5.38. The smallest absolute Gasteiger partial charge is 0.407 e. The summed E-state index contributed by atoms with van der Waals surface area (Å²) in [5.41, 5.74) is 0. The fraction of sp³-hybridized carbons (Fsp3) is 0.800. The second kappa shape index (κ2) is 6.15. The Kier molecular flexibility index (Phi) is 5.13. The Balaban J connectivity index is 2.48. The monoisotopic (exact) mass is 248 g/mol. The molecule has 99 valence electrons. The largest absolute Gasteiger partial charge is 0.447 e. The quantitative estimate of drug-likeness (QED) is 0.498. The van der Waals surface area contributed by atoms with Crippen LogP contribution in [0.4, 0.5) is 4.79 Å². The third-order valence-corrected chi connectivity index (χ3v) is 2.31. The van der Waals surface area contributed by atoms with E-state index in [9.17, 15) is 15.0 Å². The highest BCUT2D eigenvalue weighted by Crippen LogP contribution is 2.18. The third-order valence-electron chi connectivity index (χ3n) is 2.31. The van der Waals surface area contributed by atoms with Gasteiger partial charge < -0.3 is 30.1 Å². The predicted molar refractivity (Wildman–Crippen MR) is 56.8 cm³/mol. The molecule has 0 bridgehead atoms. The van der Waals surface area contributed by atoms with Crippen LogP contribution in [0.5, 0.6) is 0 Å². The molecule has 1 fully saturated rings. The molecule has 0 unspecified atom stereocenters. The summed E-state index contributed by atoms with van der Waals surface area (Å²) in [6, 6.07) is -0.876. The van der Waals surface area contributed by atoms with E-state index >= 15 is 0 Å². The number of aliphatic hydroxyl groups excluding tert-OH is 3. The molecule has 0 saturated carbocycles. The van der Waals surface area contributed by atoms with Crippen LogP contribution in [0.1, 0.15) is 13.8 Å². The fourth-order valence-electron chi connectivity index (χ4n) is 1.43. The van der Waals surface area contributed by atoms with E-state index in [4.69, 9.17) is 14.6 Å². The highest BCUT2D eigenvalue weighted by Gasteiger charge is 2.39. The molecule has 1 amide bonds. The Bertz CT molecular complexity index is 259. The van der Waals surface area contributed by atoms with Crippen molar-refractivity contribution in [1.29, 1.82) is 0 Å². The van der Waals surface area contributed by atoms with Crippen molar-refractivity contribution < 1.29 is 29.6 Å². The molecule has 1 saturated heterocycles. The first-order chi connectivity index (χ1) is 7.95. The van der Waals surface area contributed by atoms with Crippen LogP contribution in [0.15, 0.2) is 0 Å². The summed E-state index contributed by atoms with van der Waals surface area (Å²) in [7, 11) is 0. The van der Waals surface area contributed by atoms with Crippen LogP contribution < -0.4 is 5.32 Å². The molecule has 4 atom stereocenters. The van der Waals surface area contributed by atoms with Gasteiger partial charge in [-0.2, -0.15) is 0 Å². The summed E-state index contributed by atoms with van der Waals surface area (Å²) in [4.78, 5) is 11.3. The number of rotatable bonds is 3. The van der Waals surface area contributed by atoms with Gasteiger partial charge >= 0.3 is 6.09 Å². The number of carbonyl (C=O) groups is 1. The highest BCUT2D eigenvalue weighted by atomic mass is 16.6. The molecule has 1 heterocycles. The first-order valence-electron chi connectivity index (χ1n) is 5.38. The topological polar surface area (TPSA) is 108 Å². The van der Waals surface area contributed by atoms with E-state index in [2.05, 4.69) is 5.32 Å². The van der Waals surface area contributed by atoms with E-state index < -0.39 is 37.1 Å². The van der Waals surface area contributed by atoms with Crippen molar-refractivity contribution >= 4 is 6.09 Å². The Morgan fingerprint density at radius 3 is 2.65 bits per heavy atom. The molecule has 1 rings (SSSR count). The predicted octanol–water partition coefficient (Wildman–Crippen LogP) is -1.24. The van der Waals surface area contributed by atoms with E-state index in [-0.39, 0.29) is 6.10 Å². The van der Waals surface area contributed by atoms with E-state index in [0.29, 0.717) is 0 Å². The maximum absolute atomic E-state index is 11.3. The molecule has 0 aliphatic carbocycles. The van der Waals surface area contributed by atoms with Gasteiger partial charge in [0, 0.05) is 0 Å². The van der Waals surface area contributed by atoms with Gasteiger partial charge in [-0.05, 0) is 13.8 Å². The van der Waals surface area contributed by atoms with Crippen molar-refractivity contribution in [2.75, 3.05) is 6.61 Å². The molecular formula is C10H18NO6. The first kappa shape index (κ1) is 14.2. The van der Waals surface area contributed by atoms with Gasteiger partial charge in [-0.3, -0.25) is 0 Å². The number of hydrogen-bond acceptors (Lipinski definition) is 6. The maximum Gasteiger partial charge on any atom is 0.407 e. The van der Waals surface area contributed by atoms with Crippen LogP contribution in [0.3, 0.4) is 0 Å². The summed E-state index contributed by atoms with van der Waals surface area (Å²) in [6.45, 7) is 4.12. The fourth-order valence-corrected chi connectivity index (χ4v) is 1.43. The molecular weight excluding hydrogens is 230 g/mol. The van der Waals surface area contributed by atoms with Gasteiger partial charge in [0.15, 0.2) is 0 Å². The Labute approximate surface area is 99.3 Å². The van der Waals surface area contributed by atoms with Crippen LogP contribution in [-0.2, 0) is 9.47 Å². The zero-order valence-corrected chi connectivity index (χ0v) is 9.74. The summed E-state index contributed by atoms with van der Waals surface area (Å²) < 4.78 is 9.79. The number of ether oxygens (including phenoxy) is 2. The van der Waals surface area contributed by atoms with Crippen molar-refractivity contribution in [3.8, 4) is 0 Å². The maximum atomic E-state index is 11.3. The highest BCUT2D eigenvalue weighted by molar-refractivity contribution is 5.68. The van der Waals surface area contributed by atoms with Crippen molar-refractivity contribution in [1.82, 2.24) is 5.32 Å². The van der Waals surface area contributed by atoms with E-state index in [1.807, 2.05) is 0 Å². The van der Waals surface area contributed by atoms with Gasteiger partial charge in [0.2, 0.25) is 0 Å². The minimum atomic E-state index is -1.27. The Morgan fingerprint density at radius 1 is 1.47 bits per heavy atom. The standard InChI is InChI=1S/C10H18NO6/c1-5(2)17-10(15)11-6-4-16-7(3-12)9(14)8(6)13/h4-9,12-14H,3H2,1-2H3,(H,11,15)/t6-,7+,8+,9+/m0/s1. The second-order valence-electron chi connectivity index (χ2n) is 4.10. The summed E-state index contributed by atoms with van der Waals surface area (Å²) >= 11 is 0. The summed E-state index contributed by atoms with van der Waals surface area (Å²) in [5.74, 6) is 0. The van der Waals surface area contributed by atoms with Gasteiger partial charge in [0.25, 0.3) is 0 Å². The van der Waals surface area contributed by atoms with Gasteiger partial charge in [0.05, 0.1) is 18.8 Å². The van der Waals surface area contributed by atoms with Gasteiger partial charge in [-0.15, -0.1) is 0 Å².